The van der Waals surface area contributed by atoms with Crippen molar-refractivity contribution < 1.29 is 18.0 Å². The average Bonchev–Trinajstić information content (AvgIpc) is 2.18. The molecule has 1 rings (SSSR count). The number of benzene rings is 1. The van der Waals surface area contributed by atoms with E-state index >= 15 is 0 Å². The summed E-state index contributed by atoms with van der Waals surface area (Å²) in [5.74, 6) is -0.433. The molecule has 1 nitrogen and oxygen atoms in total. The fraction of sp³-hybridized carbons (Fsp3) is 0.222. The highest BCUT2D eigenvalue weighted by atomic mass is 127. The van der Waals surface area contributed by atoms with Crippen LogP contribution in [0.4, 0.5) is 13.2 Å². The van der Waals surface area contributed by atoms with Crippen LogP contribution in [0.15, 0.2) is 12.1 Å². The second kappa shape index (κ2) is 5.22. The summed E-state index contributed by atoms with van der Waals surface area (Å²) < 4.78 is 37.6. The maximum atomic E-state index is 12.6. The standard InChI is InChI=1S/C9H4BrClF3IO/c10-3-7(16)5-1-4(11)2-6(8(5)15)9(12,13)14/h1-2H,3H2. The highest BCUT2D eigenvalue weighted by molar-refractivity contribution is 14.1. The maximum absolute atomic E-state index is 12.6. The maximum Gasteiger partial charge on any atom is 0.417 e. The molecule has 0 atom stereocenters. The Labute approximate surface area is 117 Å². The fourth-order valence-corrected chi connectivity index (χ4v) is 2.51. The summed E-state index contributed by atoms with van der Waals surface area (Å²) in [5, 5.41) is -0.141. The summed E-state index contributed by atoms with van der Waals surface area (Å²) in [6.07, 6.45) is -4.51. The summed E-state index contributed by atoms with van der Waals surface area (Å²) in [6, 6.07) is 2.05. The molecular formula is C9H4BrClF3IO. The van der Waals surface area contributed by atoms with Gasteiger partial charge in [0.05, 0.1) is 10.9 Å². The van der Waals surface area contributed by atoms with E-state index in [-0.39, 0.29) is 19.5 Å². The third kappa shape index (κ3) is 3.10. The number of hydrogen-bond acceptors (Lipinski definition) is 1. The molecule has 1 aromatic carbocycles. The molecule has 7 heteroatoms. The molecule has 0 aliphatic heterocycles. The molecule has 0 unspecified atom stereocenters. The molecule has 16 heavy (non-hydrogen) atoms. The molecule has 1 aromatic rings. The number of Topliss-reactive ketones (excluding diaryl/α,β-unsaturated/α-hetero) is 1. The molecule has 0 bridgehead atoms. The lowest BCUT2D eigenvalue weighted by atomic mass is 10.1. The van der Waals surface area contributed by atoms with Crippen molar-refractivity contribution in [2.24, 2.45) is 0 Å². The molecule has 0 aromatic heterocycles. The second-order valence-electron chi connectivity index (χ2n) is 2.87. The van der Waals surface area contributed by atoms with Crippen molar-refractivity contribution in [3.05, 3.63) is 31.9 Å². The lowest BCUT2D eigenvalue weighted by Crippen LogP contribution is -2.12. The molecular weight excluding hydrogens is 423 g/mol. The number of hydrogen-bond donors (Lipinski definition) is 0. The van der Waals surface area contributed by atoms with Gasteiger partial charge in [0, 0.05) is 14.2 Å². The minimum absolute atomic E-state index is 0.0164. The van der Waals surface area contributed by atoms with Crippen molar-refractivity contribution in [3.63, 3.8) is 0 Å². The second-order valence-corrected chi connectivity index (χ2v) is 4.95. The lowest BCUT2D eigenvalue weighted by molar-refractivity contribution is -0.138. The van der Waals surface area contributed by atoms with Crippen LogP contribution in [-0.2, 0) is 6.18 Å². The molecule has 0 amide bonds. The van der Waals surface area contributed by atoms with Crippen LogP contribution in [0.2, 0.25) is 5.02 Å². The van der Waals surface area contributed by atoms with Crippen molar-refractivity contribution in [1.82, 2.24) is 0 Å². The van der Waals surface area contributed by atoms with E-state index in [2.05, 4.69) is 15.9 Å². The molecule has 0 aliphatic carbocycles. The first kappa shape index (κ1) is 14.2. The zero-order chi connectivity index (χ0) is 12.5. The first-order valence-corrected chi connectivity index (χ1v) is 6.50. The normalized spacial score (nSPS) is 11.6. The Bertz CT molecular complexity index is 433. The molecule has 0 saturated carbocycles. The molecule has 0 saturated heterocycles. The minimum Gasteiger partial charge on any atom is -0.293 e. The van der Waals surface area contributed by atoms with Gasteiger partial charge in [-0.1, -0.05) is 27.5 Å². The number of carbonyl (C=O) groups is 1. The largest absolute Gasteiger partial charge is 0.417 e. The van der Waals surface area contributed by atoms with Crippen LogP contribution in [0.5, 0.6) is 0 Å². The highest BCUT2D eigenvalue weighted by Gasteiger charge is 2.35. The molecule has 88 valence electrons. The Balaban J connectivity index is 3.44. The quantitative estimate of drug-likeness (QED) is 0.385. The van der Waals surface area contributed by atoms with Crippen LogP contribution in [0.3, 0.4) is 0 Å². The molecule has 0 radical (unpaired) electrons. The Hall–Kier alpha value is 0.180. The molecule has 0 N–H and O–H groups in total. The summed E-state index contributed by atoms with van der Waals surface area (Å²) in [5.41, 5.74) is -0.901. The molecule has 0 spiro atoms. The first-order chi connectivity index (χ1) is 7.27. The molecule has 0 heterocycles. The summed E-state index contributed by atoms with van der Waals surface area (Å²) >= 11 is 9.97. The van der Waals surface area contributed by atoms with Gasteiger partial charge in [-0.25, -0.2) is 0 Å². The lowest BCUT2D eigenvalue weighted by Gasteiger charge is -2.12. The van der Waals surface area contributed by atoms with E-state index in [1.54, 1.807) is 0 Å². The van der Waals surface area contributed by atoms with Gasteiger partial charge in [-0.3, -0.25) is 4.79 Å². The van der Waals surface area contributed by atoms with Gasteiger partial charge >= 0.3 is 6.18 Å². The smallest absolute Gasteiger partial charge is 0.293 e. The van der Waals surface area contributed by atoms with Crippen LogP contribution in [0.25, 0.3) is 0 Å². The van der Waals surface area contributed by atoms with E-state index in [9.17, 15) is 18.0 Å². The number of ketones is 1. The summed E-state index contributed by atoms with van der Waals surface area (Å²) in [7, 11) is 0. The number of halogens is 6. The van der Waals surface area contributed by atoms with Gasteiger partial charge in [0.1, 0.15) is 0 Å². The van der Waals surface area contributed by atoms with E-state index in [1.165, 1.54) is 28.7 Å². The Morgan fingerprint density at radius 3 is 2.44 bits per heavy atom. The van der Waals surface area contributed by atoms with Crippen LogP contribution >= 0.6 is 50.1 Å². The fourth-order valence-electron chi connectivity index (χ4n) is 1.07. The Morgan fingerprint density at radius 2 is 2.00 bits per heavy atom. The average molecular weight is 427 g/mol. The SMILES string of the molecule is O=C(CBr)c1cc(Cl)cc(C(F)(F)F)c1I. The van der Waals surface area contributed by atoms with Crippen molar-refractivity contribution in [3.8, 4) is 0 Å². The van der Waals surface area contributed by atoms with Gasteiger partial charge in [-0.15, -0.1) is 0 Å². The van der Waals surface area contributed by atoms with Crippen LogP contribution in [-0.4, -0.2) is 11.1 Å². The topological polar surface area (TPSA) is 17.1 Å². The number of alkyl halides is 4. The third-order valence-electron chi connectivity index (χ3n) is 1.76. The molecule has 0 aliphatic rings. The van der Waals surface area contributed by atoms with Gasteiger partial charge in [0.2, 0.25) is 0 Å². The van der Waals surface area contributed by atoms with Crippen LogP contribution in [0, 0.1) is 3.57 Å². The van der Waals surface area contributed by atoms with Crippen molar-refractivity contribution in [2.45, 2.75) is 6.18 Å². The van der Waals surface area contributed by atoms with E-state index in [4.69, 9.17) is 11.6 Å². The summed E-state index contributed by atoms with van der Waals surface area (Å²) in [4.78, 5) is 11.4. The predicted octanol–water partition coefficient (Wildman–Crippen LogP) is 4.54. The third-order valence-corrected chi connectivity index (χ3v) is 3.65. The van der Waals surface area contributed by atoms with Gasteiger partial charge < -0.3 is 0 Å². The van der Waals surface area contributed by atoms with Crippen LogP contribution < -0.4 is 0 Å². The van der Waals surface area contributed by atoms with E-state index < -0.39 is 17.5 Å². The monoisotopic (exact) mass is 426 g/mol. The number of carbonyl (C=O) groups excluding carboxylic acids is 1. The predicted molar refractivity (Wildman–Crippen MR) is 67.3 cm³/mol. The number of rotatable bonds is 2. The Morgan fingerprint density at radius 1 is 1.44 bits per heavy atom. The van der Waals surface area contributed by atoms with E-state index in [0.717, 1.165) is 6.07 Å². The first-order valence-electron chi connectivity index (χ1n) is 3.92. The van der Waals surface area contributed by atoms with Gasteiger partial charge in [0.25, 0.3) is 0 Å². The van der Waals surface area contributed by atoms with E-state index in [0.29, 0.717) is 0 Å². The zero-order valence-corrected chi connectivity index (χ0v) is 12.0. The van der Waals surface area contributed by atoms with Crippen LogP contribution in [0.1, 0.15) is 15.9 Å². The van der Waals surface area contributed by atoms with Crippen molar-refractivity contribution >= 4 is 55.9 Å². The van der Waals surface area contributed by atoms with Gasteiger partial charge in [-0.2, -0.15) is 13.2 Å². The zero-order valence-electron chi connectivity index (χ0n) is 7.54. The van der Waals surface area contributed by atoms with Gasteiger partial charge in [0.15, 0.2) is 5.78 Å². The highest BCUT2D eigenvalue weighted by Crippen LogP contribution is 2.36. The minimum atomic E-state index is -4.51. The molecule has 0 fully saturated rings. The van der Waals surface area contributed by atoms with Gasteiger partial charge in [-0.05, 0) is 34.7 Å². The van der Waals surface area contributed by atoms with E-state index in [1.807, 2.05) is 0 Å². The van der Waals surface area contributed by atoms with Crippen molar-refractivity contribution in [1.29, 1.82) is 0 Å². The Kier molecular flexibility index (Phi) is 4.65. The van der Waals surface area contributed by atoms with Crippen molar-refractivity contribution in [2.75, 3.05) is 5.33 Å². The summed E-state index contributed by atoms with van der Waals surface area (Å²) in [6.45, 7) is 0.